The number of carbonyl (C=O) groups is 1. The van der Waals surface area contributed by atoms with Crippen LogP contribution in [0.2, 0.25) is 0 Å². The molecule has 0 spiro atoms. The molecule has 0 aliphatic heterocycles. The Hall–Kier alpha value is -2.17. The van der Waals surface area contributed by atoms with Crippen LogP contribution in [-0.4, -0.2) is 45.3 Å². The standard InChI is InChI=1S/C18H27N7O.HI/c1-5-19-17(21-12-16(26)23-18(2,3)4)20-11-15-24-22-13-25(15)14-9-7-6-8-10-14;/h6-10,13H,5,11-12H2,1-4H3,(H,23,26)(H2,19,20,21);1H. The summed E-state index contributed by atoms with van der Waals surface area (Å²) in [6, 6.07) is 9.85. The molecule has 0 aliphatic rings. The molecule has 148 valence electrons. The van der Waals surface area contributed by atoms with Gasteiger partial charge in [-0.05, 0) is 39.8 Å². The number of hydrogen-bond acceptors (Lipinski definition) is 4. The fourth-order valence-electron chi connectivity index (χ4n) is 2.29. The maximum Gasteiger partial charge on any atom is 0.239 e. The normalized spacial score (nSPS) is 11.5. The molecule has 2 aromatic rings. The Labute approximate surface area is 177 Å². The number of guanidine groups is 1. The van der Waals surface area contributed by atoms with Crippen molar-refractivity contribution in [1.82, 2.24) is 30.7 Å². The first-order valence-corrected chi connectivity index (χ1v) is 8.66. The highest BCUT2D eigenvalue weighted by Crippen LogP contribution is 2.09. The highest BCUT2D eigenvalue weighted by Gasteiger charge is 2.14. The summed E-state index contributed by atoms with van der Waals surface area (Å²) in [7, 11) is 0. The van der Waals surface area contributed by atoms with Crippen molar-refractivity contribution in [2.75, 3.05) is 13.1 Å². The Morgan fingerprint density at radius 1 is 1.19 bits per heavy atom. The molecule has 2 rings (SSSR count). The van der Waals surface area contributed by atoms with Gasteiger partial charge in [-0.2, -0.15) is 0 Å². The second-order valence-electron chi connectivity index (χ2n) is 6.80. The number of halogens is 1. The van der Waals surface area contributed by atoms with E-state index in [2.05, 4.69) is 31.1 Å². The zero-order chi connectivity index (χ0) is 19.0. The van der Waals surface area contributed by atoms with Crippen molar-refractivity contribution in [3.05, 3.63) is 42.5 Å². The van der Waals surface area contributed by atoms with Gasteiger partial charge in [-0.15, -0.1) is 34.2 Å². The minimum atomic E-state index is -0.264. The number of nitrogens with one attached hydrogen (secondary N) is 3. The van der Waals surface area contributed by atoms with Gasteiger partial charge in [0.25, 0.3) is 0 Å². The number of amides is 1. The molecule has 1 heterocycles. The van der Waals surface area contributed by atoms with Crippen LogP contribution in [0.1, 0.15) is 33.5 Å². The molecule has 0 unspecified atom stereocenters. The molecule has 0 fully saturated rings. The van der Waals surface area contributed by atoms with E-state index in [1.54, 1.807) is 6.33 Å². The van der Waals surface area contributed by atoms with E-state index in [1.165, 1.54) is 0 Å². The molecule has 0 saturated carbocycles. The van der Waals surface area contributed by atoms with Crippen LogP contribution in [0.3, 0.4) is 0 Å². The maximum atomic E-state index is 12.0. The van der Waals surface area contributed by atoms with Crippen LogP contribution in [0, 0.1) is 0 Å². The Bertz CT molecular complexity index is 738. The summed E-state index contributed by atoms with van der Waals surface area (Å²) in [5.41, 5.74) is 0.714. The van der Waals surface area contributed by atoms with E-state index >= 15 is 0 Å². The first-order chi connectivity index (χ1) is 12.4. The summed E-state index contributed by atoms with van der Waals surface area (Å²) in [5.74, 6) is 1.18. The lowest BCUT2D eigenvalue weighted by Crippen LogP contribution is -2.48. The van der Waals surface area contributed by atoms with Crippen LogP contribution in [0.15, 0.2) is 41.7 Å². The van der Waals surface area contributed by atoms with Crippen LogP contribution in [-0.2, 0) is 11.3 Å². The predicted molar refractivity (Wildman–Crippen MR) is 117 cm³/mol. The van der Waals surface area contributed by atoms with Gasteiger partial charge in [0, 0.05) is 17.8 Å². The lowest BCUT2D eigenvalue weighted by Gasteiger charge is -2.21. The number of nitrogens with zero attached hydrogens (tertiary/aromatic N) is 4. The van der Waals surface area contributed by atoms with Gasteiger partial charge in [0.15, 0.2) is 11.8 Å². The Kier molecular flexibility index (Phi) is 9.19. The number of hydrogen-bond donors (Lipinski definition) is 3. The molecule has 0 bridgehead atoms. The largest absolute Gasteiger partial charge is 0.357 e. The van der Waals surface area contributed by atoms with Crippen LogP contribution < -0.4 is 16.0 Å². The molecule has 3 N–H and O–H groups in total. The summed E-state index contributed by atoms with van der Waals surface area (Å²) in [6.45, 7) is 8.98. The minimum absolute atomic E-state index is 0. The fourth-order valence-corrected chi connectivity index (χ4v) is 2.29. The minimum Gasteiger partial charge on any atom is -0.357 e. The van der Waals surface area contributed by atoms with E-state index in [1.807, 2.05) is 62.6 Å². The number of rotatable bonds is 6. The predicted octanol–water partition coefficient (Wildman–Crippen LogP) is 1.86. The van der Waals surface area contributed by atoms with E-state index in [0.717, 1.165) is 5.69 Å². The third-order valence-electron chi connectivity index (χ3n) is 3.31. The zero-order valence-electron chi connectivity index (χ0n) is 16.2. The highest BCUT2D eigenvalue weighted by atomic mass is 127. The van der Waals surface area contributed by atoms with Gasteiger partial charge in [0.05, 0.1) is 6.54 Å². The van der Waals surface area contributed by atoms with Crippen molar-refractivity contribution < 1.29 is 4.79 Å². The summed E-state index contributed by atoms with van der Waals surface area (Å²) < 4.78 is 1.89. The van der Waals surface area contributed by atoms with Crippen LogP contribution in [0.4, 0.5) is 0 Å². The van der Waals surface area contributed by atoms with Gasteiger partial charge in [-0.25, -0.2) is 4.99 Å². The topological polar surface area (TPSA) is 96.2 Å². The summed E-state index contributed by atoms with van der Waals surface area (Å²) in [4.78, 5) is 16.5. The lowest BCUT2D eigenvalue weighted by molar-refractivity contribution is -0.121. The van der Waals surface area contributed by atoms with Gasteiger partial charge < -0.3 is 16.0 Å². The number of aromatic nitrogens is 3. The quantitative estimate of drug-likeness (QED) is 0.330. The van der Waals surface area contributed by atoms with Gasteiger partial charge in [-0.3, -0.25) is 9.36 Å². The van der Waals surface area contributed by atoms with E-state index in [4.69, 9.17) is 0 Å². The van der Waals surface area contributed by atoms with Crippen molar-refractivity contribution in [3.63, 3.8) is 0 Å². The third kappa shape index (κ3) is 7.94. The monoisotopic (exact) mass is 485 g/mol. The van der Waals surface area contributed by atoms with Crippen molar-refractivity contribution in [2.24, 2.45) is 4.99 Å². The third-order valence-corrected chi connectivity index (χ3v) is 3.31. The molecular weight excluding hydrogens is 457 g/mol. The zero-order valence-corrected chi connectivity index (χ0v) is 18.5. The van der Waals surface area contributed by atoms with Crippen LogP contribution in [0.5, 0.6) is 0 Å². The molecule has 1 amide bonds. The average Bonchev–Trinajstić information content (AvgIpc) is 3.05. The molecule has 1 aromatic carbocycles. The van der Waals surface area contributed by atoms with Crippen molar-refractivity contribution in [2.45, 2.75) is 39.8 Å². The molecule has 0 saturated heterocycles. The molecule has 9 heteroatoms. The summed E-state index contributed by atoms with van der Waals surface area (Å²) in [5, 5.41) is 17.2. The first-order valence-electron chi connectivity index (χ1n) is 8.66. The van der Waals surface area contributed by atoms with Crippen molar-refractivity contribution in [3.8, 4) is 5.69 Å². The van der Waals surface area contributed by atoms with Crippen molar-refractivity contribution >= 4 is 35.8 Å². The molecular formula is C18H28IN7O. The van der Waals surface area contributed by atoms with Gasteiger partial charge in [-0.1, -0.05) is 18.2 Å². The Balaban J connectivity index is 0.00000364. The molecule has 1 aromatic heterocycles. The fraction of sp³-hybridized carbons (Fsp3) is 0.444. The second kappa shape index (κ2) is 10.9. The molecule has 0 aliphatic carbocycles. The smallest absolute Gasteiger partial charge is 0.239 e. The van der Waals surface area contributed by atoms with Crippen molar-refractivity contribution in [1.29, 1.82) is 0 Å². The second-order valence-corrected chi connectivity index (χ2v) is 6.80. The van der Waals surface area contributed by atoms with E-state index < -0.39 is 0 Å². The Morgan fingerprint density at radius 2 is 1.89 bits per heavy atom. The number of para-hydroxylation sites is 1. The van der Waals surface area contributed by atoms with E-state index in [9.17, 15) is 4.79 Å². The highest BCUT2D eigenvalue weighted by molar-refractivity contribution is 14.0. The number of aliphatic imine (C=N–C) groups is 1. The van der Waals surface area contributed by atoms with E-state index in [0.29, 0.717) is 24.9 Å². The molecule has 0 radical (unpaired) electrons. The maximum absolute atomic E-state index is 12.0. The van der Waals surface area contributed by atoms with Crippen LogP contribution >= 0.6 is 24.0 Å². The molecule has 8 nitrogen and oxygen atoms in total. The van der Waals surface area contributed by atoms with Gasteiger partial charge >= 0.3 is 0 Å². The summed E-state index contributed by atoms with van der Waals surface area (Å²) in [6.07, 6.45) is 1.66. The average molecular weight is 485 g/mol. The lowest BCUT2D eigenvalue weighted by atomic mass is 10.1. The molecule has 27 heavy (non-hydrogen) atoms. The summed E-state index contributed by atoms with van der Waals surface area (Å²) >= 11 is 0. The SMILES string of the molecule is CCNC(=NCc1nncn1-c1ccccc1)NCC(=O)NC(C)(C)C.I. The first kappa shape index (κ1) is 22.9. The number of carbonyl (C=O) groups excluding carboxylic acids is 1. The Morgan fingerprint density at radius 3 is 2.52 bits per heavy atom. The number of benzene rings is 1. The molecule has 0 atom stereocenters. The van der Waals surface area contributed by atoms with Gasteiger partial charge in [0.2, 0.25) is 5.91 Å². The van der Waals surface area contributed by atoms with Crippen LogP contribution in [0.25, 0.3) is 5.69 Å². The van der Waals surface area contributed by atoms with E-state index in [-0.39, 0.29) is 42.0 Å². The van der Waals surface area contributed by atoms with Gasteiger partial charge in [0.1, 0.15) is 12.9 Å².